The van der Waals surface area contributed by atoms with Crippen molar-refractivity contribution in [3.63, 3.8) is 0 Å². The van der Waals surface area contributed by atoms with Gasteiger partial charge in [0, 0.05) is 16.5 Å². The summed E-state index contributed by atoms with van der Waals surface area (Å²) in [5.41, 5.74) is 2.18. The Kier molecular flexibility index (Phi) is 3.96. The van der Waals surface area contributed by atoms with Crippen LogP contribution in [0.25, 0.3) is 5.57 Å². The predicted molar refractivity (Wildman–Crippen MR) is 87.8 cm³/mol. The second-order valence-electron chi connectivity index (χ2n) is 5.74. The van der Waals surface area contributed by atoms with Crippen LogP contribution < -0.4 is 9.47 Å². The number of methoxy groups -OCH3 is 2. The number of aromatic hydroxyl groups is 2. The Balaban J connectivity index is 2.98. The summed E-state index contributed by atoms with van der Waals surface area (Å²) in [5.74, 6) is 0.129. The molecule has 4 nitrogen and oxygen atoms in total. The molecule has 118 valence electrons. The van der Waals surface area contributed by atoms with Crippen molar-refractivity contribution in [2.75, 3.05) is 14.2 Å². The number of ether oxygens (including phenoxy) is 2. The van der Waals surface area contributed by atoms with Gasteiger partial charge >= 0.3 is 0 Å². The molecule has 0 saturated carbocycles. The Labute approximate surface area is 131 Å². The number of allylic oxidation sites excluding steroid dienone is 4. The molecule has 1 aliphatic rings. The maximum Gasteiger partial charge on any atom is 0.207 e. The molecule has 0 saturated heterocycles. The van der Waals surface area contributed by atoms with Crippen LogP contribution in [0.4, 0.5) is 0 Å². The van der Waals surface area contributed by atoms with Crippen LogP contribution in [0.5, 0.6) is 23.0 Å². The van der Waals surface area contributed by atoms with Gasteiger partial charge in [-0.15, -0.1) is 6.58 Å². The lowest BCUT2D eigenvalue weighted by Crippen LogP contribution is -2.24. The van der Waals surface area contributed by atoms with Gasteiger partial charge in [-0.25, -0.2) is 0 Å². The molecule has 1 aromatic carbocycles. The minimum absolute atomic E-state index is 0.0404. The zero-order chi connectivity index (χ0) is 16.7. The SMILES string of the molecule is C=CC1(C)CC=C(C(=C)C)c2c(O)c(OC)c(OC)c(O)c21. The van der Waals surface area contributed by atoms with Gasteiger partial charge in [0.15, 0.2) is 11.5 Å². The number of hydrogen-bond acceptors (Lipinski definition) is 4. The van der Waals surface area contributed by atoms with Gasteiger partial charge in [-0.3, -0.25) is 0 Å². The summed E-state index contributed by atoms with van der Waals surface area (Å²) in [6.45, 7) is 11.7. The highest BCUT2D eigenvalue weighted by Gasteiger charge is 2.38. The lowest BCUT2D eigenvalue weighted by atomic mass is 9.70. The molecule has 0 aromatic heterocycles. The van der Waals surface area contributed by atoms with Gasteiger partial charge in [0.05, 0.1) is 14.2 Å². The summed E-state index contributed by atoms with van der Waals surface area (Å²) in [5, 5.41) is 21.4. The van der Waals surface area contributed by atoms with Gasteiger partial charge in [-0.1, -0.05) is 31.2 Å². The molecular formula is C18H22O4. The van der Waals surface area contributed by atoms with E-state index in [-0.39, 0.29) is 23.0 Å². The lowest BCUT2D eigenvalue weighted by Gasteiger charge is -2.35. The van der Waals surface area contributed by atoms with Crippen LogP contribution in [-0.2, 0) is 5.41 Å². The maximum atomic E-state index is 10.7. The molecule has 2 N–H and O–H groups in total. The fraction of sp³-hybridized carbons (Fsp3) is 0.333. The van der Waals surface area contributed by atoms with E-state index in [4.69, 9.17) is 9.47 Å². The van der Waals surface area contributed by atoms with Gasteiger partial charge in [0.25, 0.3) is 0 Å². The molecule has 0 radical (unpaired) electrons. The standard InChI is InChI=1S/C18H22O4/c1-7-18(4)9-8-11(10(2)3)12-13(18)15(20)17(22-6)16(21-5)14(12)19/h7-8,19-20H,1-2,9H2,3-6H3. The summed E-state index contributed by atoms with van der Waals surface area (Å²) in [7, 11) is 2.84. The van der Waals surface area contributed by atoms with E-state index in [1.54, 1.807) is 6.08 Å². The van der Waals surface area contributed by atoms with E-state index in [1.165, 1.54) is 14.2 Å². The highest BCUT2D eigenvalue weighted by atomic mass is 16.5. The van der Waals surface area contributed by atoms with Crippen LogP contribution in [0.2, 0.25) is 0 Å². The first-order chi connectivity index (χ1) is 10.3. The third-order valence-electron chi connectivity index (χ3n) is 4.25. The molecule has 1 aromatic rings. The Hall–Kier alpha value is -2.36. The number of phenols is 2. The molecule has 0 bridgehead atoms. The normalized spacial score (nSPS) is 19.9. The summed E-state index contributed by atoms with van der Waals surface area (Å²) in [4.78, 5) is 0. The van der Waals surface area contributed by atoms with Crippen LogP contribution >= 0.6 is 0 Å². The number of benzene rings is 1. The van der Waals surface area contributed by atoms with Crippen LogP contribution in [0.15, 0.2) is 30.9 Å². The van der Waals surface area contributed by atoms with Crippen molar-refractivity contribution in [2.24, 2.45) is 0 Å². The van der Waals surface area contributed by atoms with E-state index in [2.05, 4.69) is 13.2 Å². The molecule has 22 heavy (non-hydrogen) atoms. The van der Waals surface area contributed by atoms with E-state index in [9.17, 15) is 10.2 Å². The van der Waals surface area contributed by atoms with Crippen LogP contribution in [0, 0.1) is 0 Å². The van der Waals surface area contributed by atoms with Crippen LogP contribution in [0.3, 0.4) is 0 Å². The summed E-state index contributed by atoms with van der Waals surface area (Å²) in [6, 6.07) is 0. The molecule has 0 heterocycles. The highest BCUT2D eigenvalue weighted by molar-refractivity contribution is 5.90. The van der Waals surface area contributed by atoms with Crippen LogP contribution in [0.1, 0.15) is 31.4 Å². The smallest absolute Gasteiger partial charge is 0.207 e. The van der Waals surface area contributed by atoms with E-state index < -0.39 is 5.41 Å². The molecule has 1 aliphatic carbocycles. The topological polar surface area (TPSA) is 58.9 Å². The fourth-order valence-electron chi connectivity index (χ4n) is 2.97. The molecule has 0 spiro atoms. The minimum atomic E-state index is -0.518. The van der Waals surface area contributed by atoms with Gasteiger partial charge < -0.3 is 19.7 Å². The second kappa shape index (κ2) is 5.44. The molecule has 2 rings (SSSR count). The minimum Gasteiger partial charge on any atom is -0.504 e. The van der Waals surface area contributed by atoms with Gasteiger partial charge in [-0.05, 0) is 18.9 Å². The Morgan fingerprint density at radius 3 is 2.23 bits per heavy atom. The maximum absolute atomic E-state index is 10.7. The van der Waals surface area contributed by atoms with Crippen molar-refractivity contribution in [1.82, 2.24) is 0 Å². The second-order valence-corrected chi connectivity index (χ2v) is 5.74. The Bertz CT molecular complexity index is 685. The summed E-state index contributed by atoms with van der Waals surface area (Å²) < 4.78 is 10.5. The summed E-state index contributed by atoms with van der Waals surface area (Å²) >= 11 is 0. The molecule has 1 unspecified atom stereocenters. The zero-order valence-corrected chi connectivity index (χ0v) is 13.5. The van der Waals surface area contributed by atoms with E-state index in [1.807, 2.05) is 19.9 Å². The van der Waals surface area contributed by atoms with E-state index >= 15 is 0 Å². The van der Waals surface area contributed by atoms with Gasteiger partial charge in [0.2, 0.25) is 11.5 Å². The average molecular weight is 302 g/mol. The quantitative estimate of drug-likeness (QED) is 0.653. The Morgan fingerprint density at radius 2 is 1.77 bits per heavy atom. The van der Waals surface area contributed by atoms with Gasteiger partial charge in [0.1, 0.15) is 0 Å². The first kappa shape index (κ1) is 16.0. The molecule has 4 heteroatoms. The number of rotatable bonds is 4. The molecule has 0 fully saturated rings. The predicted octanol–water partition coefficient (Wildman–Crippen LogP) is 3.92. The highest BCUT2D eigenvalue weighted by Crippen LogP contribution is 2.57. The van der Waals surface area contributed by atoms with Gasteiger partial charge in [-0.2, -0.15) is 0 Å². The lowest BCUT2D eigenvalue weighted by molar-refractivity contribution is 0.311. The van der Waals surface area contributed by atoms with Crippen molar-refractivity contribution in [2.45, 2.75) is 25.7 Å². The van der Waals surface area contributed by atoms with Crippen LogP contribution in [-0.4, -0.2) is 24.4 Å². The zero-order valence-electron chi connectivity index (χ0n) is 13.5. The molecule has 0 amide bonds. The number of hydrogen-bond donors (Lipinski definition) is 2. The first-order valence-corrected chi connectivity index (χ1v) is 7.02. The third-order valence-corrected chi connectivity index (χ3v) is 4.25. The average Bonchev–Trinajstić information content (AvgIpc) is 2.49. The first-order valence-electron chi connectivity index (χ1n) is 7.02. The number of fused-ring (bicyclic) bond motifs is 1. The van der Waals surface area contributed by atoms with Crippen molar-refractivity contribution in [3.8, 4) is 23.0 Å². The van der Waals surface area contributed by atoms with Crippen molar-refractivity contribution < 1.29 is 19.7 Å². The molecule has 1 atom stereocenters. The monoisotopic (exact) mass is 302 g/mol. The van der Waals surface area contributed by atoms with E-state index in [0.717, 1.165) is 11.1 Å². The molecule has 0 aliphatic heterocycles. The fourth-order valence-corrected chi connectivity index (χ4v) is 2.97. The van der Waals surface area contributed by atoms with Crippen molar-refractivity contribution in [1.29, 1.82) is 0 Å². The number of phenolic OH excluding ortho intramolecular Hbond substituents is 2. The van der Waals surface area contributed by atoms with Crippen molar-refractivity contribution in [3.05, 3.63) is 42.0 Å². The summed E-state index contributed by atoms with van der Waals surface area (Å²) in [6.07, 6.45) is 4.41. The third kappa shape index (κ3) is 2.06. The largest absolute Gasteiger partial charge is 0.504 e. The Morgan fingerprint density at radius 1 is 1.23 bits per heavy atom. The van der Waals surface area contributed by atoms with Crippen molar-refractivity contribution >= 4 is 5.57 Å². The van der Waals surface area contributed by atoms with E-state index in [0.29, 0.717) is 17.5 Å². The molecular weight excluding hydrogens is 280 g/mol.